The van der Waals surface area contributed by atoms with E-state index in [0.717, 1.165) is 121 Å². The molecule has 0 saturated heterocycles. The van der Waals surface area contributed by atoms with E-state index < -0.39 is 274 Å². The third-order valence-corrected chi connectivity index (χ3v) is 21.4. The van der Waals surface area contributed by atoms with Gasteiger partial charge in [0.1, 0.15) is 24.2 Å². The fourth-order valence-corrected chi connectivity index (χ4v) is 15.3. The lowest BCUT2D eigenvalue weighted by Crippen LogP contribution is -2.49. The van der Waals surface area contributed by atoms with Crippen molar-refractivity contribution in [3.63, 3.8) is 0 Å². The number of thioether (sulfide) groups is 2. The molecule has 0 aliphatic rings. The van der Waals surface area contributed by atoms with Crippen LogP contribution in [0.3, 0.4) is 0 Å². The van der Waals surface area contributed by atoms with Gasteiger partial charge in [-0.25, -0.2) is 0 Å². The van der Waals surface area contributed by atoms with Crippen molar-refractivity contribution in [3.8, 4) is 0 Å². The number of anilines is 6. The number of nitro benzene ring substituents is 16. The summed E-state index contributed by atoms with van der Waals surface area (Å²) in [6.07, 6.45) is 1.31. The van der Waals surface area contributed by atoms with E-state index in [9.17, 15) is 181 Å². The highest BCUT2D eigenvalue weighted by molar-refractivity contribution is 8.00. The van der Waals surface area contributed by atoms with E-state index in [1.165, 1.54) is 24.3 Å². The van der Waals surface area contributed by atoms with Crippen LogP contribution in [0, 0.1) is 162 Å². The Labute approximate surface area is 829 Å². The van der Waals surface area contributed by atoms with E-state index in [4.69, 9.17) is 0 Å². The lowest BCUT2D eigenvalue weighted by Gasteiger charge is -2.26. The summed E-state index contributed by atoms with van der Waals surface area (Å²) in [5.74, 6) is -3.36. The van der Waals surface area contributed by atoms with Gasteiger partial charge < -0.3 is 53.2 Å². The van der Waals surface area contributed by atoms with Crippen LogP contribution in [-0.4, -0.2) is 173 Å². The van der Waals surface area contributed by atoms with E-state index in [1.807, 2.05) is 0 Å². The molecule has 0 unspecified atom stereocenters. The SMILES string of the molecule is CC(C)(C)NC(=O)[C@@H](CCCCNc1c([N+](=O)[O-])cccc1[N+](=O)[O-])Nc1c([N+](=O)[O-])cccc1[N+](=O)[O-].CC(C)(C)NC(=O)[C@@H](CSc1c([N+](=O)[O-])cccc1[N+](=O)[O-])Nc1c([N+](=O)[O-])cccc1[N+](=O)[O-].CC(C)(C)NC(=O)[C@H](CCCCNc1c([N+](=O)[O-])cccc1[N+](=O)[O-])Nc1c([N+](=O)[O-])cccc1[N+](=O)[O-].CC(C)(C)NC(=O)[C@H](CSc1c([N+](=O)[O-])cccc1[N+](=O)[O-])Nc1c([N+](=O)[O-])cccc1[N+](=O)[O-]. The Morgan fingerprint density at radius 3 is 0.527 bits per heavy atom. The highest BCUT2D eigenvalue weighted by atomic mass is 32.2. The Morgan fingerprint density at radius 1 is 0.226 bits per heavy atom. The van der Waals surface area contributed by atoms with Crippen molar-refractivity contribution in [3.05, 3.63) is 307 Å². The van der Waals surface area contributed by atoms with Crippen molar-refractivity contribution in [1.82, 2.24) is 21.3 Å². The number of nitrogens with one attached hydrogen (secondary N) is 10. The second-order valence-electron chi connectivity index (χ2n) is 34.6. The molecule has 0 radical (unpaired) electrons. The number of hydrogen-bond acceptors (Lipinski definition) is 44. The fourth-order valence-electron chi connectivity index (χ4n) is 13.0. The summed E-state index contributed by atoms with van der Waals surface area (Å²) in [5.41, 5.74) is -14.4. The minimum absolute atomic E-state index is 0.0743. The first-order valence-corrected chi connectivity index (χ1v) is 44.3. The molecule has 146 heavy (non-hydrogen) atoms. The number of rotatable bonds is 46. The summed E-state index contributed by atoms with van der Waals surface area (Å²) in [6.45, 7) is 20.4. The van der Waals surface area contributed by atoms with E-state index >= 15 is 0 Å². The van der Waals surface area contributed by atoms with Gasteiger partial charge in [0.2, 0.25) is 23.6 Å². The summed E-state index contributed by atoms with van der Waals surface area (Å²) in [4.78, 5) is 221. The second-order valence-corrected chi connectivity index (χ2v) is 36.7. The van der Waals surface area contributed by atoms with Crippen molar-refractivity contribution < 1.29 is 98.0 Å². The van der Waals surface area contributed by atoms with Gasteiger partial charge in [-0.3, -0.25) is 181 Å². The van der Waals surface area contributed by atoms with Gasteiger partial charge in [0.25, 0.3) is 91.0 Å². The number of carbonyl (C=O) groups excluding carboxylic acids is 4. The first-order valence-electron chi connectivity index (χ1n) is 42.3. The zero-order valence-corrected chi connectivity index (χ0v) is 80.5. The number of hydrogen-bond donors (Lipinski definition) is 10. The predicted molar refractivity (Wildman–Crippen MR) is 525 cm³/mol. The summed E-state index contributed by atoms with van der Waals surface area (Å²) >= 11 is 1.19. The van der Waals surface area contributed by atoms with Gasteiger partial charge in [0, 0.05) is 144 Å². The quantitative estimate of drug-likeness (QED) is 0.00733. The number of para-hydroxylation sites is 6. The van der Waals surface area contributed by atoms with Crippen molar-refractivity contribution in [2.45, 2.75) is 178 Å². The average Bonchev–Trinajstić information content (AvgIpc) is 0.805. The molecule has 0 bridgehead atoms. The third kappa shape index (κ3) is 35.1. The lowest BCUT2D eigenvalue weighted by atomic mass is 10.0. The Balaban J connectivity index is 0.000000343. The van der Waals surface area contributed by atoms with Crippen LogP contribution in [-0.2, 0) is 19.2 Å². The molecule has 0 aromatic heterocycles. The Hall–Kier alpha value is -18.5. The maximum Gasteiger partial charge on any atom is 0.299 e. The van der Waals surface area contributed by atoms with Gasteiger partial charge in [-0.2, -0.15) is 0 Å². The molecule has 4 amide bonds. The van der Waals surface area contributed by atoms with Crippen LogP contribution in [0.25, 0.3) is 0 Å². The Bertz CT molecular complexity index is 5760. The lowest BCUT2D eigenvalue weighted by molar-refractivity contribution is -0.399. The van der Waals surface area contributed by atoms with Crippen molar-refractivity contribution >= 4 is 172 Å². The monoisotopic (exact) mass is 2080 g/mol. The third-order valence-electron chi connectivity index (χ3n) is 19.0. The van der Waals surface area contributed by atoms with Crippen molar-refractivity contribution in [1.29, 1.82) is 0 Å². The maximum atomic E-state index is 13.0. The van der Waals surface area contributed by atoms with E-state index in [-0.39, 0.29) is 59.9 Å². The average molecular weight is 2080 g/mol. The predicted octanol–water partition coefficient (Wildman–Crippen LogP) is 16.2. The first-order chi connectivity index (χ1) is 67.9. The van der Waals surface area contributed by atoms with E-state index in [2.05, 4.69) is 53.2 Å². The summed E-state index contributed by atoms with van der Waals surface area (Å²) in [6, 6.07) is 21.3. The number of nitro groups is 16. The van der Waals surface area contributed by atoms with E-state index in [1.54, 1.807) is 83.1 Å². The Morgan fingerprint density at radius 2 is 0.370 bits per heavy atom. The number of carbonyl (C=O) groups is 4. The van der Waals surface area contributed by atoms with Crippen molar-refractivity contribution in [2.24, 2.45) is 0 Å². The van der Waals surface area contributed by atoms with Crippen LogP contribution >= 0.6 is 23.5 Å². The van der Waals surface area contributed by atoms with Crippen LogP contribution in [0.5, 0.6) is 0 Å². The molecule has 10 N–H and O–H groups in total. The van der Waals surface area contributed by atoms with E-state index in [0.29, 0.717) is 36.4 Å². The highest BCUT2D eigenvalue weighted by Gasteiger charge is 2.40. The fraction of sp³-hybridized carbons (Fsp3) is 0.366. The number of amides is 4. The molecule has 0 saturated carbocycles. The van der Waals surface area contributed by atoms with Crippen LogP contribution in [0.15, 0.2) is 155 Å². The first kappa shape index (κ1) is 118. The van der Waals surface area contributed by atoms with Crippen molar-refractivity contribution in [2.75, 3.05) is 56.5 Å². The molecule has 62 nitrogen and oxygen atoms in total. The number of nitrogens with zero attached hydrogens (tertiary/aromatic N) is 16. The van der Waals surface area contributed by atoms with Crippen LogP contribution < -0.4 is 53.2 Å². The molecule has 0 aliphatic heterocycles. The van der Waals surface area contributed by atoms with Crippen LogP contribution in [0.2, 0.25) is 0 Å². The topological polar surface area (TPSA) is 879 Å². The largest absolute Gasteiger partial charge is 0.374 e. The molecule has 4 atom stereocenters. The maximum absolute atomic E-state index is 13.0. The second kappa shape index (κ2) is 52.2. The standard InChI is InChI=1S/2C22H27N7O9.2C19H20N6O9S/c2*1-22(2,3)25-21(30)14(24-20-17(28(35)36)11-7-12-18(20)29(37)38)8-4-5-13-23-19-15(26(31)32)9-6-10-16(19)27(33)34;2*1-19(2,3)21-18(26)11(20-16-12(22(27)28)6-4-7-13(16)23(29)30)10-35-17-14(24(31)32)8-5-9-15(17)25(33)34/h2*6-7,9-12,14,23-24H,4-5,8,13H2,1-3H3,(H,25,30);2*4-9,11,20H,10H2,1-3H3,(H,21,26)/t2*14-;2*11-/m1010/s1. The molecule has 780 valence electrons. The van der Waals surface area contributed by atoms with Gasteiger partial charge in [-0.05, 0) is 170 Å². The summed E-state index contributed by atoms with van der Waals surface area (Å²) < 4.78 is 0. The molecule has 0 heterocycles. The van der Waals surface area contributed by atoms with Gasteiger partial charge in [0.15, 0.2) is 43.9 Å². The molecule has 0 spiro atoms. The van der Waals surface area contributed by atoms with Crippen LogP contribution in [0.4, 0.5) is 125 Å². The van der Waals surface area contributed by atoms with Gasteiger partial charge in [0.05, 0.1) is 78.8 Å². The smallest absolute Gasteiger partial charge is 0.299 e. The highest BCUT2D eigenvalue weighted by Crippen LogP contribution is 2.45. The normalized spacial score (nSPS) is 11.8. The zero-order chi connectivity index (χ0) is 110. The van der Waals surface area contributed by atoms with Crippen LogP contribution in [0.1, 0.15) is 122 Å². The summed E-state index contributed by atoms with van der Waals surface area (Å²) in [5, 5.41) is 209. The molecule has 0 fully saturated rings. The molecule has 8 aromatic rings. The molecule has 8 rings (SSSR count). The molecular formula is C82H94N26O36S2. The molecule has 8 aromatic carbocycles. The number of benzene rings is 8. The summed E-state index contributed by atoms with van der Waals surface area (Å²) in [7, 11) is 0. The van der Waals surface area contributed by atoms with Gasteiger partial charge in [-0.1, -0.05) is 0 Å². The number of unbranched alkanes of at least 4 members (excludes halogenated alkanes) is 2. The Kier molecular flexibility index (Phi) is 42.2. The van der Waals surface area contributed by atoms with Gasteiger partial charge >= 0.3 is 0 Å². The minimum atomic E-state index is -1.40. The molecule has 0 aliphatic carbocycles. The minimum Gasteiger partial charge on any atom is -0.374 e. The van der Waals surface area contributed by atoms with Gasteiger partial charge in [-0.15, -0.1) is 23.5 Å². The molecule has 64 heteroatoms. The zero-order valence-electron chi connectivity index (χ0n) is 78.9. The molecular weight excluding hydrogens is 1990 g/mol.